The van der Waals surface area contributed by atoms with Gasteiger partial charge in [0.1, 0.15) is 0 Å². The number of urea groups is 1. The lowest BCUT2D eigenvalue weighted by atomic mass is 10.1. The molecule has 5 heteroatoms. The second kappa shape index (κ2) is 8.44. The molecule has 0 saturated carbocycles. The molecule has 1 fully saturated rings. The normalized spacial score (nSPS) is 19.0. The number of carbonyl (C=O) groups excluding carboxylic acids is 1. The summed E-state index contributed by atoms with van der Waals surface area (Å²) in [5.74, 6) is 0. The minimum absolute atomic E-state index is 0.0255. The van der Waals surface area contributed by atoms with Crippen LogP contribution in [0, 0.1) is 0 Å². The van der Waals surface area contributed by atoms with Crippen molar-refractivity contribution >= 4 is 17.8 Å². The number of likely N-dealkylation sites (tertiary alicyclic amines) is 1. The number of thioether (sulfide) groups is 1. The number of hydrogen-bond acceptors (Lipinski definition) is 3. The number of likely N-dealkylation sites (N-methyl/N-ethyl adjacent to an activating group) is 1. The fourth-order valence-electron chi connectivity index (χ4n) is 2.86. The lowest BCUT2D eigenvalue weighted by Crippen LogP contribution is -2.50. The van der Waals surface area contributed by atoms with E-state index in [2.05, 4.69) is 41.6 Å². The smallest absolute Gasteiger partial charge is 0.317 e. The maximum atomic E-state index is 12.4. The van der Waals surface area contributed by atoms with Gasteiger partial charge in [0.2, 0.25) is 0 Å². The zero-order valence-electron chi connectivity index (χ0n) is 13.8. The van der Waals surface area contributed by atoms with E-state index in [1.807, 2.05) is 13.1 Å². The van der Waals surface area contributed by atoms with Gasteiger partial charge in [-0.05, 0) is 49.9 Å². The molecule has 1 atom stereocenters. The molecule has 22 heavy (non-hydrogen) atoms. The first kappa shape index (κ1) is 17.2. The van der Waals surface area contributed by atoms with Crippen LogP contribution >= 0.6 is 11.8 Å². The molecule has 1 aromatic rings. The molecule has 0 spiro atoms. The summed E-state index contributed by atoms with van der Waals surface area (Å²) < 4.78 is 0. The maximum absolute atomic E-state index is 12.4. The Morgan fingerprint density at radius 1 is 1.50 bits per heavy atom. The summed E-state index contributed by atoms with van der Waals surface area (Å²) in [6.45, 7) is 6.00. The van der Waals surface area contributed by atoms with E-state index in [-0.39, 0.29) is 12.1 Å². The fraction of sp³-hybridized carbons (Fsp3) is 0.588. The highest BCUT2D eigenvalue weighted by Crippen LogP contribution is 2.17. The van der Waals surface area contributed by atoms with Crippen molar-refractivity contribution in [3.63, 3.8) is 0 Å². The first-order valence-corrected chi connectivity index (χ1v) is 9.21. The number of rotatable bonds is 5. The van der Waals surface area contributed by atoms with E-state index in [0.29, 0.717) is 6.54 Å². The van der Waals surface area contributed by atoms with E-state index in [4.69, 9.17) is 0 Å². The minimum Gasteiger partial charge on any atom is -0.334 e. The van der Waals surface area contributed by atoms with Crippen LogP contribution in [0.2, 0.25) is 0 Å². The van der Waals surface area contributed by atoms with Crippen LogP contribution in [0.3, 0.4) is 0 Å². The minimum atomic E-state index is 0.0255. The fourth-order valence-corrected chi connectivity index (χ4v) is 3.35. The topological polar surface area (TPSA) is 35.6 Å². The van der Waals surface area contributed by atoms with E-state index in [9.17, 15) is 4.79 Å². The summed E-state index contributed by atoms with van der Waals surface area (Å²) in [5.41, 5.74) is 1.17. The second-order valence-corrected chi connectivity index (χ2v) is 6.77. The Hall–Kier alpha value is -1.20. The molecule has 0 aliphatic carbocycles. The van der Waals surface area contributed by atoms with E-state index < -0.39 is 0 Å². The van der Waals surface area contributed by atoms with Crippen LogP contribution in [0.5, 0.6) is 0 Å². The molecule has 2 amide bonds. The van der Waals surface area contributed by atoms with Gasteiger partial charge in [-0.3, -0.25) is 0 Å². The van der Waals surface area contributed by atoms with Gasteiger partial charge in [-0.15, -0.1) is 11.8 Å². The molecule has 1 saturated heterocycles. The molecule has 2 rings (SSSR count). The Kier molecular flexibility index (Phi) is 6.58. The van der Waals surface area contributed by atoms with E-state index >= 15 is 0 Å². The van der Waals surface area contributed by atoms with Crippen LogP contribution in [-0.4, -0.2) is 54.8 Å². The van der Waals surface area contributed by atoms with E-state index in [1.165, 1.54) is 10.5 Å². The molecule has 4 nitrogen and oxygen atoms in total. The van der Waals surface area contributed by atoms with Crippen molar-refractivity contribution in [3.8, 4) is 0 Å². The summed E-state index contributed by atoms with van der Waals surface area (Å²) in [6.07, 6.45) is 4.31. The lowest BCUT2D eigenvalue weighted by molar-refractivity contribution is 0.175. The Morgan fingerprint density at radius 2 is 2.32 bits per heavy atom. The highest BCUT2D eigenvalue weighted by molar-refractivity contribution is 7.98. The SMILES string of the molecule is CCN1CCCC(NC(=O)N(C)Cc2cccc(SC)c2)C1. The Bertz CT molecular complexity index is 495. The van der Waals surface area contributed by atoms with E-state index in [0.717, 1.165) is 32.5 Å². The average Bonchev–Trinajstić information content (AvgIpc) is 2.55. The predicted molar refractivity (Wildman–Crippen MR) is 93.4 cm³/mol. The third kappa shape index (κ3) is 4.92. The van der Waals surface area contributed by atoms with Crippen molar-refractivity contribution in [1.82, 2.24) is 15.1 Å². The van der Waals surface area contributed by atoms with Crippen LogP contribution in [0.25, 0.3) is 0 Å². The second-order valence-electron chi connectivity index (χ2n) is 5.89. The largest absolute Gasteiger partial charge is 0.334 e. The molecule has 1 unspecified atom stereocenters. The number of nitrogens with one attached hydrogen (secondary N) is 1. The lowest BCUT2D eigenvalue weighted by Gasteiger charge is -2.33. The van der Waals surface area contributed by atoms with Gasteiger partial charge in [0, 0.05) is 31.1 Å². The molecular formula is C17H27N3OS. The van der Waals surface area contributed by atoms with Crippen molar-refractivity contribution in [2.75, 3.05) is 32.9 Å². The summed E-state index contributed by atoms with van der Waals surface area (Å²) >= 11 is 1.73. The Balaban J connectivity index is 1.86. The Labute approximate surface area is 138 Å². The first-order chi connectivity index (χ1) is 10.6. The number of hydrogen-bond donors (Lipinski definition) is 1. The monoisotopic (exact) mass is 321 g/mol. The van der Waals surface area contributed by atoms with Gasteiger partial charge in [-0.2, -0.15) is 0 Å². The zero-order valence-corrected chi connectivity index (χ0v) is 14.7. The molecule has 0 aromatic heterocycles. The molecule has 1 aliphatic rings. The molecular weight excluding hydrogens is 294 g/mol. The van der Waals surface area contributed by atoms with Gasteiger partial charge < -0.3 is 15.1 Å². The number of nitrogens with zero attached hydrogens (tertiary/aromatic N) is 2. The summed E-state index contributed by atoms with van der Waals surface area (Å²) in [5, 5.41) is 3.17. The molecule has 1 aliphatic heterocycles. The molecule has 1 heterocycles. The molecule has 122 valence electrons. The summed E-state index contributed by atoms with van der Waals surface area (Å²) in [4.78, 5) is 17.8. The molecule has 0 bridgehead atoms. The number of amides is 2. The van der Waals surface area contributed by atoms with Gasteiger partial charge in [-0.25, -0.2) is 4.79 Å². The average molecular weight is 321 g/mol. The van der Waals surface area contributed by atoms with Crippen molar-refractivity contribution in [1.29, 1.82) is 0 Å². The molecule has 0 radical (unpaired) electrons. The third-order valence-corrected chi connectivity index (χ3v) is 4.91. The summed E-state index contributed by atoms with van der Waals surface area (Å²) in [7, 11) is 1.86. The highest BCUT2D eigenvalue weighted by atomic mass is 32.2. The van der Waals surface area contributed by atoms with Crippen LogP contribution in [0.4, 0.5) is 4.79 Å². The Morgan fingerprint density at radius 3 is 3.05 bits per heavy atom. The first-order valence-electron chi connectivity index (χ1n) is 7.99. The molecule has 1 N–H and O–H groups in total. The van der Waals surface area contributed by atoms with Crippen LogP contribution in [-0.2, 0) is 6.54 Å². The van der Waals surface area contributed by atoms with Crippen LogP contribution in [0.15, 0.2) is 29.2 Å². The quantitative estimate of drug-likeness (QED) is 0.847. The van der Waals surface area contributed by atoms with Crippen molar-refractivity contribution in [2.45, 2.75) is 37.2 Å². The van der Waals surface area contributed by atoms with E-state index in [1.54, 1.807) is 16.7 Å². The predicted octanol–water partition coefficient (Wildman–Crippen LogP) is 3.03. The highest BCUT2D eigenvalue weighted by Gasteiger charge is 2.21. The van der Waals surface area contributed by atoms with Gasteiger partial charge in [0.25, 0.3) is 0 Å². The maximum Gasteiger partial charge on any atom is 0.317 e. The molecule has 1 aromatic carbocycles. The summed E-state index contributed by atoms with van der Waals surface area (Å²) in [6, 6.07) is 8.67. The zero-order chi connectivity index (χ0) is 15.9. The van der Waals surface area contributed by atoms with Crippen LogP contribution < -0.4 is 5.32 Å². The van der Waals surface area contributed by atoms with Crippen molar-refractivity contribution in [2.24, 2.45) is 0 Å². The van der Waals surface area contributed by atoms with Crippen molar-refractivity contribution < 1.29 is 4.79 Å². The number of carbonyl (C=O) groups is 1. The number of piperidine rings is 1. The van der Waals surface area contributed by atoms with Gasteiger partial charge in [0.05, 0.1) is 0 Å². The van der Waals surface area contributed by atoms with Gasteiger partial charge in [0.15, 0.2) is 0 Å². The van der Waals surface area contributed by atoms with Gasteiger partial charge >= 0.3 is 6.03 Å². The third-order valence-electron chi connectivity index (χ3n) is 4.18. The van der Waals surface area contributed by atoms with Gasteiger partial charge in [-0.1, -0.05) is 19.1 Å². The van der Waals surface area contributed by atoms with Crippen molar-refractivity contribution in [3.05, 3.63) is 29.8 Å². The standard InChI is InChI=1S/C17H27N3OS/c1-4-20-10-6-8-15(13-20)18-17(21)19(2)12-14-7-5-9-16(11-14)22-3/h5,7,9,11,15H,4,6,8,10,12-13H2,1-3H3,(H,18,21). The van der Waals surface area contributed by atoms with Crippen LogP contribution in [0.1, 0.15) is 25.3 Å². The number of benzene rings is 1.